The summed E-state index contributed by atoms with van der Waals surface area (Å²) in [7, 11) is 0. The number of hydrogen-bond acceptors (Lipinski definition) is 2. The normalized spacial score (nSPS) is 21.0. The zero-order valence-corrected chi connectivity index (χ0v) is 15.6. The van der Waals surface area contributed by atoms with Crippen molar-refractivity contribution < 1.29 is 13.6 Å². The number of carbonyl (C=O) groups is 1. The molecule has 0 bridgehead atoms. The molecule has 1 saturated heterocycles. The summed E-state index contributed by atoms with van der Waals surface area (Å²) in [5, 5.41) is 2.84. The summed E-state index contributed by atoms with van der Waals surface area (Å²) in [6, 6.07) is 10.9. The van der Waals surface area contributed by atoms with Crippen LogP contribution in [0.2, 0.25) is 0 Å². The predicted molar refractivity (Wildman–Crippen MR) is 105 cm³/mol. The lowest BCUT2D eigenvalue weighted by Gasteiger charge is -2.40. The lowest BCUT2D eigenvalue weighted by Crippen LogP contribution is -2.47. The van der Waals surface area contributed by atoms with Crippen LogP contribution in [-0.2, 0) is 5.41 Å². The van der Waals surface area contributed by atoms with Gasteiger partial charge < -0.3 is 10.2 Å². The van der Waals surface area contributed by atoms with Crippen LogP contribution in [0.3, 0.4) is 0 Å². The second kappa shape index (κ2) is 6.55. The van der Waals surface area contributed by atoms with Crippen molar-refractivity contribution in [3.05, 3.63) is 59.7 Å². The highest BCUT2D eigenvalue weighted by Gasteiger charge is 2.48. The van der Waals surface area contributed by atoms with Crippen LogP contribution in [0.4, 0.5) is 25.0 Å². The molecule has 0 aromatic heterocycles. The van der Waals surface area contributed by atoms with Crippen molar-refractivity contribution in [3.63, 3.8) is 0 Å². The number of halogens is 2. The van der Waals surface area contributed by atoms with Gasteiger partial charge in [-0.2, -0.15) is 0 Å². The van der Waals surface area contributed by atoms with Gasteiger partial charge in [0.25, 0.3) is 0 Å². The molecule has 0 atom stereocenters. The zero-order chi connectivity index (χ0) is 19.3. The second-order valence-electron chi connectivity index (χ2n) is 8.23. The maximum atomic E-state index is 14.1. The van der Waals surface area contributed by atoms with Gasteiger partial charge in [-0.05, 0) is 86.8 Å². The number of amides is 2. The van der Waals surface area contributed by atoms with Crippen molar-refractivity contribution in [2.45, 2.75) is 37.1 Å². The van der Waals surface area contributed by atoms with E-state index in [4.69, 9.17) is 0 Å². The molecule has 2 aromatic carbocycles. The van der Waals surface area contributed by atoms with Gasteiger partial charge in [0.05, 0.1) is 0 Å². The Morgan fingerprint density at radius 3 is 2.36 bits per heavy atom. The number of fused-ring (bicyclic) bond motifs is 2. The third-order valence-corrected chi connectivity index (χ3v) is 6.44. The number of nitrogens with one attached hydrogen (secondary N) is 1. The molecule has 4 nitrogen and oxygen atoms in total. The van der Waals surface area contributed by atoms with Crippen LogP contribution in [0.5, 0.6) is 0 Å². The second-order valence-corrected chi connectivity index (χ2v) is 8.23. The van der Waals surface area contributed by atoms with E-state index in [0.717, 1.165) is 43.2 Å². The number of rotatable bonds is 2. The minimum Gasteiger partial charge on any atom is -0.308 e. The average Bonchev–Trinajstić information content (AvgIpc) is 3.49. The molecule has 0 unspecified atom stereocenters. The molecule has 1 spiro atoms. The Labute approximate surface area is 163 Å². The summed E-state index contributed by atoms with van der Waals surface area (Å²) in [4.78, 5) is 17.2. The van der Waals surface area contributed by atoms with E-state index in [0.29, 0.717) is 12.2 Å². The summed E-state index contributed by atoms with van der Waals surface area (Å²) >= 11 is 0. The van der Waals surface area contributed by atoms with Crippen LogP contribution in [0.1, 0.15) is 31.2 Å². The number of anilines is 2. The molecule has 2 heterocycles. The van der Waals surface area contributed by atoms with E-state index in [1.807, 2.05) is 0 Å². The molecular formula is C22H23F2N3O. The minimum absolute atomic E-state index is 0.192. The van der Waals surface area contributed by atoms with Gasteiger partial charge in [0, 0.05) is 29.4 Å². The summed E-state index contributed by atoms with van der Waals surface area (Å²) < 4.78 is 27.2. The molecule has 1 saturated carbocycles. The van der Waals surface area contributed by atoms with Gasteiger partial charge in [0.15, 0.2) is 0 Å². The molecule has 28 heavy (non-hydrogen) atoms. The number of benzene rings is 2. The lowest BCUT2D eigenvalue weighted by molar-refractivity contribution is 0.159. The first-order valence-electron chi connectivity index (χ1n) is 9.92. The molecule has 2 fully saturated rings. The molecule has 1 aliphatic carbocycles. The first kappa shape index (κ1) is 17.6. The number of urea groups is 1. The first-order chi connectivity index (χ1) is 13.5. The maximum Gasteiger partial charge on any atom is 0.326 e. The van der Waals surface area contributed by atoms with E-state index in [9.17, 15) is 13.6 Å². The van der Waals surface area contributed by atoms with E-state index in [1.54, 1.807) is 29.2 Å². The van der Waals surface area contributed by atoms with Gasteiger partial charge in [0.1, 0.15) is 11.6 Å². The fourth-order valence-corrected chi connectivity index (χ4v) is 4.73. The smallest absolute Gasteiger partial charge is 0.308 e. The van der Waals surface area contributed by atoms with Crippen molar-refractivity contribution in [3.8, 4) is 0 Å². The van der Waals surface area contributed by atoms with Gasteiger partial charge in [-0.1, -0.05) is 0 Å². The Morgan fingerprint density at radius 1 is 1.00 bits per heavy atom. The van der Waals surface area contributed by atoms with Crippen LogP contribution in [-0.4, -0.2) is 36.6 Å². The highest BCUT2D eigenvalue weighted by molar-refractivity contribution is 6.03. The molecule has 2 aliphatic heterocycles. The molecule has 2 aromatic rings. The largest absolute Gasteiger partial charge is 0.326 e. The highest BCUT2D eigenvalue weighted by Crippen LogP contribution is 2.48. The average molecular weight is 383 g/mol. The molecular weight excluding hydrogens is 360 g/mol. The van der Waals surface area contributed by atoms with E-state index in [-0.39, 0.29) is 23.1 Å². The van der Waals surface area contributed by atoms with Gasteiger partial charge >= 0.3 is 6.03 Å². The molecule has 1 N–H and O–H groups in total. The van der Waals surface area contributed by atoms with E-state index >= 15 is 0 Å². The third kappa shape index (κ3) is 3.05. The van der Waals surface area contributed by atoms with Gasteiger partial charge in [-0.3, -0.25) is 4.90 Å². The fourth-order valence-electron chi connectivity index (χ4n) is 4.73. The Hall–Kier alpha value is -2.47. The Kier molecular flexibility index (Phi) is 4.12. The minimum atomic E-state index is -0.346. The molecule has 6 heteroatoms. The van der Waals surface area contributed by atoms with Crippen LogP contribution >= 0.6 is 0 Å². The van der Waals surface area contributed by atoms with E-state index in [1.165, 1.54) is 31.0 Å². The van der Waals surface area contributed by atoms with Crippen molar-refractivity contribution in [2.75, 3.05) is 29.9 Å². The summed E-state index contributed by atoms with van der Waals surface area (Å²) in [5.74, 6) is -0.607. The van der Waals surface area contributed by atoms with Crippen LogP contribution < -0.4 is 10.2 Å². The van der Waals surface area contributed by atoms with Crippen molar-refractivity contribution in [2.24, 2.45) is 0 Å². The summed E-state index contributed by atoms with van der Waals surface area (Å²) in [5.41, 5.74) is 2.07. The maximum absolute atomic E-state index is 14.1. The van der Waals surface area contributed by atoms with Gasteiger partial charge in [-0.25, -0.2) is 13.6 Å². The fraction of sp³-hybridized carbons (Fsp3) is 0.409. The van der Waals surface area contributed by atoms with Crippen molar-refractivity contribution >= 4 is 17.4 Å². The van der Waals surface area contributed by atoms with Crippen molar-refractivity contribution in [1.82, 2.24) is 4.90 Å². The van der Waals surface area contributed by atoms with Crippen molar-refractivity contribution in [1.29, 1.82) is 0 Å². The zero-order valence-electron chi connectivity index (χ0n) is 15.6. The lowest BCUT2D eigenvalue weighted by atomic mass is 9.74. The molecule has 0 radical (unpaired) electrons. The standard InChI is InChI=1S/C22H23F2N3O/c23-15-1-4-17(5-2-15)25-21(28)27-14-22(19-13-16(24)3-8-20(19)27)9-11-26(12-10-22)18-6-7-18/h1-5,8,13,18H,6-7,9-12,14H2,(H,25,28). The number of hydrogen-bond donors (Lipinski definition) is 1. The number of nitrogens with zero attached hydrogens (tertiary/aromatic N) is 2. The summed E-state index contributed by atoms with van der Waals surface area (Å²) in [6.07, 6.45) is 4.43. The summed E-state index contributed by atoms with van der Waals surface area (Å²) in [6.45, 7) is 2.54. The third-order valence-electron chi connectivity index (χ3n) is 6.44. The first-order valence-corrected chi connectivity index (χ1v) is 9.92. The molecule has 3 aliphatic rings. The quantitative estimate of drug-likeness (QED) is 0.828. The monoisotopic (exact) mass is 383 g/mol. The van der Waals surface area contributed by atoms with E-state index in [2.05, 4.69) is 10.2 Å². The number of likely N-dealkylation sites (tertiary alicyclic amines) is 1. The van der Waals surface area contributed by atoms with Crippen LogP contribution in [0.25, 0.3) is 0 Å². The Balaban J connectivity index is 1.41. The van der Waals surface area contributed by atoms with Gasteiger partial charge in [0.2, 0.25) is 0 Å². The number of carbonyl (C=O) groups excluding carboxylic acids is 1. The molecule has 2 amide bonds. The molecule has 5 rings (SSSR count). The topological polar surface area (TPSA) is 35.6 Å². The SMILES string of the molecule is O=C(Nc1ccc(F)cc1)N1CC2(CCN(C3CC3)CC2)c2cc(F)ccc21. The van der Waals surface area contributed by atoms with E-state index < -0.39 is 0 Å². The Bertz CT molecular complexity index is 902. The van der Waals surface area contributed by atoms with Crippen LogP contribution in [0, 0.1) is 11.6 Å². The predicted octanol–water partition coefficient (Wildman–Crippen LogP) is 4.51. The Morgan fingerprint density at radius 2 is 1.68 bits per heavy atom. The number of piperidine rings is 1. The van der Waals surface area contributed by atoms with Gasteiger partial charge in [-0.15, -0.1) is 0 Å². The highest BCUT2D eigenvalue weighted by atomic mass is 19.1. The van der Waals surface area contributed by atoms with Crippen LogP contribution in [0.15, 0.2) is 42.5 Å². The molecule has 146 valence electrons.